The first kappa shape index (κ1) is 25.4. The van der Waals surface area contributed by atoms with Crippen LogP contribution in [0.4, 0.5) is 13.2 Å². The van der Waals surface area contributed by atoms with Crippen molar-refractivity contribution in [3.63, 3.8) is 0 Å². The monoisotopic (exact) mass is 479 g/mol. The minimum Gasteiger partial charge on any atom is -0.493 e. The molecule has 1 N–H and O–H groups in total. The lowest BCUT2D eigenvalue weighted by Crippen LogP contribution is -2.51. The number of rotatable bonds is 8. The fourth-order valence-corrected chi connectivity index (χ4v) is 3.84. The highest BCUT2D eigenvalue weighted by Gasteiger charge is 2.36. The summed E-state index contributed by atoms with van der Waals surface area (Å²) in [6.45, 7) is 1.92. The van der Waals surface area contributed by atoms with Crippen LogP contribution in [0.5, 0.6) is 11.5 Å². The Bertz CT molecular complexity index is 1010. The second-order valence-electron chi connectivity index (χ2n) is 7.90. The lowest BCUT2D eigenvalue weighted by atomic mass is 10.1. The first-order valence-electron chi connectivity index (χ1n) is 10.9. The zero-order chi connectivity index (χ0) is 24.7. The fraction of sp³-hybridized carbons (Fsp3) is 0.417. The Kier molecular flexibility index (Phi) is 8.38. The van der Waals surface area contributed by atoms with Gasteiger partial charge < -0.3 is 19.7 Å². The Morgan fingerprint density at radius 3 is 2.29 bits per heavy atom. The number of piperazine rings is 1. The average Bonchev–Trinajstić information content (AvgIpc) is 2.83. The minimum absolute atomic E-state index is 0.150. The van der Waals surface area contributed by atoms with Crippen LogP contribution in [-0.4, -0.2) is 75.1 Å². The van der Waals surface area contributed by atoms with Crippen molar-refractivity contribution in [1.82, 2.24) is 15.1 Å². The second kappa shape index (κ2) is 11.2. The molecule has 2 aromatic carbocycles. The molecule has 2 amide bonds. The molecule has 2 aromatic rings. The van der Waals surface area contributed by atoms with Crippen LogP contribution in [0.2, 0.25) is 0 Å². The van der Waals surface area contributed by atoms with Crippen LogP contribution in [0.3, 0.4) is 0 Å². The zero-order valence-electron chi connectivity index (χ0n) is 19.2. The number of ether oxygens (including phenoxy) is 2. The van der Waals surface area contributed by atoms with Gasteiger partial charge in [-0.05, 0) is 36.2 Å². The molecular weight excluding hydrogens is 451 g/mol. The van der Waals surface area contributed by atoms with Crippen LogP contribution in [0.1, 0.15) is 21.5 Å². The maximum atomic E-state index is 13.2. The SMILES string of the molecule is COc1ccc(CCNC(=O)CN2CCN(C(=O)c3ccccc3C(F)(F)F)CC2)cc1OC. The smallest absolute Gasteiger partial charge is 0.417 e. The van der Waals surface area contributed by atoms with Crippen LogP contribution in [0, 0.1) is 0 Å². The third kappa shape index (κ3) is 6.40. The number of benzene rings is 2. The van der Waals surface area contributed by atoms with Gasteiger partial charge in [-0.2, -0.15) is 13.2 Å². The Morgan fingerprint density at radius 1 is 0.971 bits per heavy atom. The molecule has 3 rings (SSSR count). The maximum Gasteiger partial charge on any atom is 0.417 e. The van der Waals surface area contributed by atoms with Gasteiger partial charge in [-0.25, -0.2) is 0 Å². The van der Waals surface area contributed by atoms with Gasteiger partial charge in [-0.1, -0.05) is 18.2 Å². The Balaban J connectivity index is 1.45. The van der Waals surface area contributed by atoms with E-state index in [9.17, 15) is 22.8 Å². The molecule has 184 valence electrons. The van der Waals surface area contributed by atoms with Crippen molar-refractivity contribution in [3.05, 3.63) is 59.2 Å². The van der Waals surface area contributed by atoms with Gasteiger partial charge in [-0.3, -0.25) is 14.5 Å². The second-order valence-corrected chi connectivity index (χ2v) is 7.90. The predicted molar refractivity (Wildman–Crippen MR) is 120 cm³/mol. The average molecular weight is 479 g/mol. The maximum absolute atomic E-state index is 13.2. The third-order valence-corrected chi connectivity index (χ3v) is 5.67. The topological polar surface area (TPSA) is 71.1 Å². The standard InChI is InChI=1S/C24H28F3N3O4/c1-33-20-8-7-17(15-21(20)34-2)9-10-28-22(31)16-29-11-13-30(14-12-29)23(32)18-5-3-4-6-19(18)24(25,26)27/h3-8,15H,9-14,16H2,1-2H3,(H,28,31). The van der Waals surface area contributed by atoms with E-state index in [0.29, 0.717) is 37.6 Å². The molecule has 1 aliphatic heterocycles. The summed E-state index contributed by atoms with van der Waals surface area (Å²) in [5, 5.41) is 2.87. The summed E-state index contributed by atoms with van der Waals surface area (Å²) in [6.07, 6.45) is -3.98. The molecule has 0 radical (unpaired) electrons. The molecule has 0 unspecified atom stereocenters. The number of methoxy groups -OCH3 is 2. The van der Waals surface area contributed by atoms with Crippen molar-refractivity contribution in [3.8, 4) is 11.5 Å². The van der Waals surface area contributed by atoms with Crippen molar-refractivity contribution in [1.29, 1.82) is 0 Å². The van der Waals surface area contributed by atoms with Crippen molar-refractivity contribution in [2.45, 2.75) is 12.6 Å². The molecule has 0 atom stereocenters. The summed E-state index contributed by atoms with van der Waals surface area (Å²) < 4.78 is 50.2. The molecule has 1 aliphatic rings. The van der Waals surface area contributed by atoms with Crippen molar-refractivity contribution in [2.24, 2.45) is 0 Å². The van der Waals surface area contributed by atoms with E-state index < -0.39 is 17.6 Å². The van der Waals surface area contributed by atoms with Gasteiger partial charge in [0.05, 0.1) is 31.9 Å². The Labute approximate surface area is 196 Å². The Morgan fingerprint density at radius 2 is 1.65 bits per heavy atom. The van der Waals surface area contributed by atoms with Crippen LogP contribution in [0.25, 0.3) is 0 Å². The van der Waals surface area contributed by atoms with E-state index in [2.05, 4.69) is 5.32 Å². The van der Waals surface area contributed by atoms with Gasteiger partial charge in [0.15, 0.2) is 11.5 Å². The molecular formula is C24H28F3N3O4. The number of hydrogen-bond acceptors (Lipinski definition) is 5. The van der Waals surface area contributed by atoms with Gasteiger partial charge >= 0.3 is 6.18 Å². The van der Waals surface area contributed by atoms with E-state index in [4.69, 9.17) is 9.47 Å². The van der Waals surface area contributed by atoms with Crippen LogP contribution in [0.15, 0.2) is 42.5 Å². The first-order valence-corrected chi connectivity index (χ1v) is 10.9. The molecule has 7 nitrogen and oxygen atoms in total. The molecule has 10 heteroatoms. The van der Waals surface area contributed by atoms with Gasteiger partial charge in [0.2, 0.25) is 5.91 Å². The van der Waals surface area contributed by atoms with Crippen LogP contribution < -0.4 is 14.8 Å². The fourth-order valence-electron chi connectivity index (χ4n) is 3.84. The third-order valence-electron chi connectivity index (χ3n) is 5.67. The number of carbonyl (C=O) groups is 2. The Hall–Kier alpha value is -3.27. The molecule has 1 fully saturated rings. The highest BCUT2D eigenvalue weighted by Crippen LogP contribution is 2.32. The molecule has 0 aliphatic carbocycles. The number of amides is 2. The van der Waals surface area contributed by atoms with Crippen molar-refractivity contribution in [2.75, 3.05) is 53.5 Å². The highest BCUT2D eigenvalue weighted by atomic mass is 19.4. The summed E-state index contributed by atoms with van der Waals surface area (Å²) in [6, 6.07) is 10.4. The number of carbonyl (C=O) groups excluding carboxylic acids is 2. The molecule has 34 heavy (non-hydrogen) atoms. The summed E-state index contributed by atoms with van der Waals surface area (Å²) in [5.41, 5.74) is -0.295. The summed E-state index contributed by atoms with van der Waals surface area (Å²) in [5.74, 6) is 0.459. The molecule has 0 saturated carbocycles. The van der Waals surface area contributed by atoms with E-state index in [0.717, 1.165) is 11.6 Å². The number of halogens is 3. The van der Waals surface area contributed by atoms with E-state index >= 15 is 0 Å². The first-order chi connectivity index (χ1) is 16.2. The van der Waals surface area contributed by atoms with Crippen molar-refractivity contribution >= 4 is 11.8 Å². The van der Waals surface area contributed by atoms with Gasteiger partial charge in [-0.15, -0.1) is 0 Å². The molecule has 1 heterocycles. The number of alkyl halides is 3. The number of nitrogens with one attached hydrogen (secondary N) is 1. The molecule has 0 bridgehead atoms. The van der Waals surface area contributed by atoms with Gasteiger partial charge in [0.1, 0.15) is 0 Å². The molecule has 0 spiro atoms. The zero-order valence-corrected chi connectivity index (χ0v) is 19.2. The lowest BCUT2D eigenvalue weighted by molar-refractivity contribution is -0.138. The minimum atomic E-state index is -4.59. The van der Waals surface area contributed by atoms with Gasteiger partial charge in [0, 0.05) is 32.7 Å². The predicted octanol–water partition coefficient (Wildman–Crippen LogP) is 2.84. The van der Waals surface area contributed by atoms with Crippen LogP contribution >= 0.6 is 0 Å². The van der Waals surface area contributed by atoms with Crippen LogP contribution in [-0.2, 0) is 17.4 Å². The van der Waals surface area contributed by atoms with E-state index in [1.165, 1.54) is 23.1 Å². The van der Waals surface area contributed by atoms with E-state index in [-0.39, 0.29) is 31.1 Å². The summed E-state index contributed by atoms with van der Waals surface area (Å²) in [7, 11) is 3.13. The molecule has 1 saturated heterocycles. The number of nitrogens with zero attached hydrogens (tertiary/aromatic N) is 2. The summed E-state index contributed by atoms with van der Waals surface area (Å²) >= 11 is 0. The van der Waals surface area contributed by atoms with Crippen molar-refractivity contribution < 1.29 is 32.2 Å². The number of hydrogen-bond donors (Lipinski definition) is 1. The van der Waals surface area contributed by atoms with Gasteiger partial charge in [0.25, 0.3) is 5.91 Å². The summed E-state index contributed by atoms with van der Waals surface area (Å²) in [4.78, 5) is 28.3. The van der Waals surface area contributed by atoms with E-state index in [1.54, 1.807) is 14.2 Å². The largest absolute Gasteiger partial charge is 0.493 e. The highest BCUT2D eigenvalue weighted by molar-refractivity contribution is 5.96. The quantitative estimate of drug-likeness (QED) is 0.631. The normalized spacial score (nSPS) is 14.6. The lowest BCUT2D eigenvalue weighted by Gasteiger charge is -2.34. The van der Waals surface area contributed by atoms with E-state index in [1.807, 2.05) is 23.1 Å². The molecule has 0 aromatic heterocycles.